The van der Waals surface area contributed by atoms with E-state index in [-0.39, 0.29) is 0 Å². The largest absolute Gasteiger partial charge is 0.355 e. The first-order valence-corrected chi connectivity index (χ1v) is 4.36. The van der Waals surface area contributed by atoms with E-state index in [1.54, 1.807) is 0 Å². The topological polar surface area (TPSA) is 3.24 Å². The molecule has 0 spiro atoms. The minimum absolute atomic E-state index is 1.06. The van der Waals surface area contributed by atoms with Gasteiger partial charge in [0.25, 0.3) is 0 Å². The molecule has 0 aromatic carbocycles. The van der Waals surface area contributed by atoms with Gasteiger partial charge >= 0.3 is 0 Å². The quantitative estimate of drug-likeness (QED) is 0.508. The lowest BCUT2D eigenvalue weighted by Gasteiger charge is -2.13. The molecule has 0 N–H and O–H groups in total. The maximum Gasteiger partial charge on any atom is 0.0219 e. The van der Waals surface area contributed by atoms with E-state index in [1.807, 2.05) is 17.3 Å². The Morgan fingerprint density at radius 1 is 1.09 bits per heavy atom. The Hall–Kier alpha value is -0.720. The zero-order valence-electron chi connectivity index (χ0n) is 7.55. The summed E-state index contributed by atoms with van der Waals surface area (Å²) in [6.07, 6.45) is 8.82. The Balaban J connectivity index is 3.21. The molecule has 0 fully saturated rings. The van der Waals surface area contributed by atoms with Crippen molar-refractivity contribution in [1.82, 2.24) is 4.90 Å². The fourth-order valence-electron chi connectivity index (χ4n) is 0.978. The third kappa shape index (κ3) is 5.71. The SMILES string of the molecule is C=CN(C=C)CCCCCC. The Bertz CT molecular complexity index is 99.4. The number of unbranched alkanes of at least 4 members (excludes halogenated alkanes) is 3. The van der Waals surface area contributed by atoms with E-state index in [4.69, 9.17) is 0 Å². The molecule has 1 nitrogen and oxygen atoms in total. The van der Waals surface area contributed by atoms with Crippen LogP contribution in [0.4, 0.5) is 0 Å². The van der Waals surface area contributed by atoms with E-state index in [2.05, 4.69) is 20.1 Å². The lowest BCUT2D eigenvalue weighted by Crippen LogP contribution is -2.09. The summed E-state index contributed by atoms with van der Waals surface area (Å²) in [7, 11) is 0. The smallest absolute Gasteiger partial charge is 0.0219 e. The van der Waals surface area contributed by atoms with Crippen LogP contribution < -0.4 is 0 Å². The van der Waals surface area contributed by atoms with Crippen LogP contribution in [-0.2, 0) is 0 Å². The van der Waals surface area contributed by atoms with Crippen LogP contribution in [0, 0.1) is 0 Å². The molecular formula is C10H19N. The third-order valence-electron chi connectivity index (χ3n) is 1.74. The molecule has 0 aromatic heterocycles. The summed E-state index contributed by atoms with van der Waals surface area (Å²) in [5, 5.41) is 0. The number of rotatable bonds is 7. The molecule has 0 unspecified atom stereocenters. The summed E-state index contributed by atoms with van der Waals surface area (Å²) in [5.74, 6) is 0. The van der Waals surface area contributed by atoms with Gasteiger partial charge in [-0.05, 0) is 18.8 Å². The molecule has 0 aromatic rings. The Morgan fingerprint density at radius 3 is 2.18 bits per heavy atom. The van der Waals surface area contributed by atoms with E-state index in [9.17, 15) is 0 Å². The van der Waals surface area contributed by atoms with Crippen molar-refractivity contribution in [3.05, 3.63) is 25.6 Å². The number of hydrogen-bond donors (Lipinski definition) is 0. The highest BCUT2D eigenvalue weighted by atomic mass is 15.1. The number of nitrogens with zero attached hydrogens (tertiary/aromatic N) is 1. The molecule has 0 heterocycles. The highest BCUT2D eigenvalue weighted by Gasteiger charge is 1.91. The van der Waals surface area contributed by atoms with Gasteiger partial charge in [-0.2, -0.15) is 0 Å². The molecule has 0 amide bonds. The van der Waals surface area contributed by atoms with Gasteiger partial charge in [0.2, 0.25) is 0 Å². The maximum absolute atomic E-state index is 3.69. The molecule has 0 aliphatic carbocycles. The fraction of sp³-hybridized carbons (Fsp3) is 0.600. The van der Waals surface area contributed by atoms with Crippen LogP contribution in [0.15, 0.2) is 25.6 Å². The summed E-state index contributed by atoms with van der Waals surface area (Å²) in [6.45, 7) is 10.7. The molecule has 0 atom stereocenters. The highest BCUT2D eigenvalue weighted by molar-refractivity contribution is 4.79. The molecule has 0 aliphatic rings. The molecule has 11 heavy (non-hydrogen) atoms. The third-order valence-corrected chi connectivity index (χ3v) is 1.74. The zero-order valence-corrected chi connectivity index (χ0v) is 7.55. The Morgan fingerprint density at radius 2 is 1.73 bits per heavy atom. The lowest BCUT2D eigenvalue weighted by molar-refractivity contribution is 0.473. The van der Waals surface area contributed by atoms with E-state index in [0.29, 0.717) is 0 Å². The van der Waals surface area contributed by atoms with Gasteiger partial charge in [-0.15, -0.1) is 0 Å². The van der Waals surface area contributed by atoms with Crippen molar-refractivity contribution in [2.45, 2.75) is 32.6 Å². The van der Waals surface area contributed by atoms with Crippen molar-refractivity contribution in [2.75, 3.05) is 6.54 Å². The summed E-state index contributed by atoms with van der Waals surface area (Å²) in [6, 6.07) is 0. The summed E-state index contributed by atoms with van der Waals surface area (Å²) >= 11 is 0. The van der Waals surface area contributed by atoms with Crippen LogP contribution in [0.3, 0.4) is 0 Å². The van der Waals surface area contributed by atoms with Crippen LogP contribution in [-0.4, -0.2) is 11.4 Å². The van der Waals surface area contributed by atoms with E-state index >= 15 is 0 Å². The van der Waals surface area contributed by atoms with E-state index < -0.39 is 0 Å². The van der Waals surface area contributed by atoms with Crippen LogP contribution in [0.25, 0.3) is 0 Å². The zero-order chi connectivity index (χ0) is 8.53. The predicted octanol–water partition coefficient (Wildman–Crippen LogP) is 3.16. The minimum Gasteiger partial charge on any atom is -0.355 e. The van der Waals surface area contributed by atoms with E-state index in [1.165, 1.54) is 25.7 Å². The first-order valence-electron chi connectivity index (χ1n) is 4.36. The molecule has 0 aliphatic heterocycles. The second-order valence-electron chi connectivity index (χ2n) is 2.66. The molecular weight excluding hydrogens is 134 g/mol. The molecule has 0 bridgehead atoms. The summed E-state index contributed by atoms with van der Waals surface area (Å²) in [4.78, 5) is 2.02. The normalized spacial score (nSPS) is 9.18. The van der Waals surface area contributed by atoms with Crippen molar-refractivity contribution >= 4 is 0 Å². The minimum atomic E-state index is 1.06. The first-order chi connectivity index (χ1) is 5.35. The highest BCUT2D eigenvalue weighted by Crippen LogP contribution is 2.01. The molecule has 1 heteroatoms. The van der Waals surface area contributed by atoms with Gasteiger partial charge in [0.1, 0.15) is 0 Å². The van der Waals surface area contributed by atoms with Crippen LogP contribution in [0.5, 0.6) is 0 Å². The lowest BCUT2D eigenvalue weighted by atomic mass is 10.2. The van der Waals surface area contributed by atoms with Crippen molar-refractivity contribution in [3.63, 3.8) is 0 Å². The molecule has 0 saturated carbocycles. The maximum atomic E-state index is 3.69. The Kier molecular flexibility index (Phi) is 6.90. The fourth-order valence-corrected chi connectivity index (χ4v) is 0.978. The standard InChI is InChI=1S/C10H19N/c1-4-7-8-9-10-11(5-2)6-3/h5-6H,2-4,7-10H2,1H3. The van der Waals surface area contributed by atoms with Gasteiger partial charge in [0.15, 0.2) is 0 Å². The molecule has 0 saturated heterocycles. The van der Waals surface area contributed by atoms with Crippen molar-refractivity contribution in [3.8, 4) is 0 Å². The predicted molar refractivity (Wildman–Crippen MR) is 51.2 cm³/mol. The second-order valence-corrected chi connectivity index (χ2v) is 2.66. The van der Waals surface area contributed by atoms with E-state index in [0.717, 1.165) is 6.54 Å². The first kappa shape index (κ1) is 10.3. The van der Waals surface area contributed by atoms with Crippen LogP contribution >= 0.6 is 0 Å². The van der Waals surface area contributed by atoms with Crippen molar-refractivity contribution in [2.24, 2.45) is 0 Å². The van der Waals surface area contributed by atoms with Crippen LogP contribution in [0.1, 0.15) is 32.6 Å². The van der Waals surface area contributed by atoms with Gasteiger partial charge in [0, 0.05) is 6.54 Å². The summed E-state index contributed by atoms with van der Waals surface area (Å²) in [5.41, 5.74) is 0. The molecule has 64 valence electrons. The van der Waals surface area contributed by atoms with Gasteiger partial charge in [-0.1, -0.05) is 39.3 Å². The monoisotopic (exact) mass is 153 g/mol. The van der Waals surface area contributed by atoms with Gasteiger partial charge in [0.05, 0.1) is 0 Å². The average molecular weight is 153 g/mol. The summed E-state index contributed by atoms with van der Waals surface area (Å²) < 4.78 is 0. The molecule has 0 rings (SSSR count). The second kappa shape index (κ2) is 7.39. The van der Waals surface area contributed by atoms with Gasteiger partial charge < -0.3 is 4.90 Å². The average Bonchev–Trinajstić information content (AvgIpc) is 2.05. The van der Waals surface area contributed by atoms with Crippen molar-refractivity contribution < 1.29 is 0 Å². The molecule has 0 radical (unpaired) electrons. The van der Waals surface area contributed by atoms with Gasteiger partial charge in [-0.3, -0.25) is 0 Å². The number of hydrogen-bond acceptors (Lipinski definition) is 1. The Labute approximate surface area is 70.4 Å². The van der Waals surface area contributed by atoms with Gasteiger partial charge in [-0.25, -0.2) is 0 Å². The van der Waals surface area contributed by atoms with Crippen LogP contribution in [0.2, 0.25) is 0 Å². The van der Waals surface area contributed by atoms with Crippen molar-refractivity contribution in [1.29, 1.82) is 0 Å².